The predicted molar refractivity (Wildman–Crippen MR) is 144 cm³/mol. The maximum Gasteiger partial charge on any atom is 0.335 e. The van der Waals surface area contributed by atoms with Gasteiger partial charge in [-0.3, -0.25) is 14.9 Å². The molecule has 3 aromatic rings. The van der Waals surface area contributed by atoms with Gasteiger partial charge in [0.25, 0.3) is 11.8 Å². The van der Waals surface area contributed by atoms with Gasteiger partial charge in [0.1, 0.15) is 12.2 Å². The Balaban J connectivity index is 1.65. The molecule has 36 heavy (non-hydrogen) atoms. The van der Waals surface area contributed by atoms with Crippen molar-refractivity contribution in [3.63, 3.8) is 0 Å². The topological polar surface area (TPSA) is 84.9 Å². The van der Waals surface area contributed by atoms with E-state index in [9.17, 15) is 14.4 Å². The van der Waals surface area contributed by atoms with Crippen LogP contribution in [-0.4, -0.2) is 25.0 Å². The van der Waals surface area contributed by atoms with E-state index < -0.39 is 17.8 Å². The molecule has 4 rings (SSSR count). The lowest BCUT2D eigenvalue weighted by molar-refractivity contribution is -0.122. The van der Waals surface area contributed by atoms with Gasteiger partial charge in [0.2, 0.25) is 0 Å². The molecule has 0 aliphatic carbocycles. The van der Waals surface area contributed by atoms with Crippen molar-refractivity contribution < 1.29 is 23.9 Å². The lowest BCUT2D eigenvalue weighted by Crippen LogP contribution is -2.54. The van der Waals surface area contributed by atoms with Gasteiger partial charge in [0.15, 0.2) is 11.5 Å². The van der Waals surface area contributed by atoms with Crippen LogP contribution in [0.4, 0.5) is 10.5 Å². The average molecular weight is 614 g/mol. The molecule has 1 N–H and O–H groups in total. The molecule has 0 bridgehead atoms. The molecule has 0 saturated carbocycles. The number of nitrogens with one attached hydrogen (secondary N) is 1. The van der Waals surface area contributed by atoms with Gasteiger partial charge in [0, 0.05) is 4.47 Å². The molecule has 1 aliphatic heterocycles. The lowest BCUT2D eigenvalue weighted by atomic mass is 10.1. The molecule has 0 spiro atoms. The standard InChI is InChI=1S/C27H22Br2N2O5/c1-15-4-6-17(7-5-15)14-36-24-21(29)12-18(13-23(24)35-3)11-20-25(32)30-27(34)31(26(20)33)22-9-8-19(28)10-16(22)2/h4-13H,14H2,1-3H3,(H,30,32,34)/b20-11-. The average Bonchev–Trinajstić information content (AvgIpc) is 2.83. The van der Waals surface area contributed by atoms with Crippen molar-refractivity contribution in [2.24, 2.45) is 0 Å². The molecule has 3 aromatic carbocycles. The van der Waals surface area contributed by atoms with E-state index in [1.807, 2.05) is 31.2 Å². The molecule has 1 aliphatic rings. The Hall–Kier alpha value is -3.43. The predicted octanol–water partition coefficient (Wildman–Crippen LogP) is 6.08. The first kappa shape index (κ1) is 25.7. The zero-order valence-corrected chi connectivity index (χ0v) is 22.9. The number of halogens is 2. The number of carbonyl (C=O) groups excluding carboxylic acids is 3. The van der Waals surface area contributed by atoms with Gasteiger partial charge in [-0.2, -0.15) is 0 Å². The third-order valence-electron chi connectivity index (χ3n) is 5.57. The summed E-state index contributed by atoms with van der Waals surface area (Å²) < 4.78 is 12.9. The van der Waals surface area contributed by atoms with Crippen LogP contribution in [0.2, 0.25) is 0 Å². The molecule has 0 atom stereocenters. The van der Waals surface area contributed by atoms with Crippen LogP contribution in [0, 0.1) is 13.8 Å². The maximum absolute atomic E-state index is 13.3. The van der Waals surface area contributed by atoms with Gasteiger partial charge < -0.3 is 9.47 Å². The minimum atomic E-state index is -0.800. The summed E-state index contributed by atoms with van der Waals surface area (Å²) in [7, 11) is 1.51. The number of urea groups is 1. The summed E-state index contributed by atoms with van der Waals surface area (Å²) >= 11 is 6.88. The van der Waals surface area contributed by atoms with Gasteiger partial charge in [-0.15, -0.1) is 0 Å². The zero-order valence-electron chi connectivity index (χ0n) is 19.7. The SMILES string of the molecule is COc1cc(/C=C2/C(=O)NC(=O)N(c3ccc(Br)cc3C)C2=O)cc(Br)c1OCc1ccc(C)cc1. The van der Waals surface area contributed by atoms with E-state index in [2.05, 4.69) is 37.2 Å². The first-order valence-corrected chi connectivity index (χ1v) is 12.5. The number of amides is 4. The number of nitrogens with zero attached hydrogens (tertiary/aromatic N) is 1. The second-order valence-corrected chi connectivity index (χ2v) is 9.97. The fraction of sp³-hybridized carbons (Fsp3) is 0.148. The van der Waals surface area contributed by atoms with Crippen LogP contribution in [-0.2, 0) is 16.2 Å². The summed E-state index contributed by atoms with van der Waals surface area (Å²) in [6, 6.07) is 15.7. The summed E-state index contributed by atoms with van der Waals surface area (Å²) in [5.41, 5.74) is 3.57. The Bertz CT molecular complexity index is 1400. The van der Waals surface area contributed by atoms with Crippen molar-refractivity contribution in [2.45, 2.75) is 20.5 Å². The number of hydrogen-bond acceptors (Lipinski definition) is 5. The summed E-state index contributed by atoms with van der Waals surface area (Å²) in [6.45, 7) is 4.13. The summed E-state index contributed by atoms with van der Waals surface area (Å²) in [6.07, 6.45) is 1.42. The number of ether oxygens (including phenoxy) is 2. The first-order valence-electron chi connectivity index (χ1n) is 10.9. The molecule has 7 nitrogen and oxygen atoms in total. The molecule has 1 saturated heterocycles. The quantitative estimate of drug-likeness (QED) is 0.269. The Kier molecular flexibility index (Phi) is 7.61. The fourth-order valence-corrected chi connectivity index (χ4v) is 4.77. The van der Waals surface area contributed by atoms with Crippen molar-refractivity contribution in [2.75, 3.05) is 12.0 Å². The van der Waals surface area contributed by atoms with Crippen LogP contribution in [0.1, 0.15) is 22.3 Å². The molecular weight excluding hydrogens is 592 g/mol. The number of rotatable bonds is 6. The number of carbonyl (C=O) groups is 3. The number of aryl methyl sites for hydroxylation is 2. The second kappa shape index (κ2) is 10.7. The Morgan fingerprint density at radius 1 is 0.972 bits per heavy atom. The van der Waals surface area contributed by atoms with Gasteiger partial charge >= 0.3 is 6.03 Å². The third-order valence-corrected chi connectivity index (χ3v) is 6.65. The highest BCUT2D eigenvalue weighted by Gasteiger charge is 2.37. The molecular formula is C27H22Br2N2O5. The van der Waals surface area contributed by atoms with Crippen LogP contribution in [0.15, 0.2) is 69.1 Å². The van der Waals surface area contributed by atoms with E-state index in [1.165, 1.54) is 13.2 Å². The molecule has 0 unspecified atom stereocenters. The van der Waals surface area contributed by atoms with Gasteiger partial charge in [-0.05, 0) is 82.9 Å². The van der Waals surface area contributed by atoms with Crippen molar-refractivity contribution in [3.05, 3.63) is 91.4 Å². The minimum absolute atomic E-state index is 0.181. The zero-order chi connectivity index (χ0) is 26.0. The largest absolute Gasteiger partial charge is 0.493 e. The van der Waals surface area contributed by atoms with Crippen LogP contribution >= 0.6 is 31.9 Å². The summed E-state index contributed by atoms with van der Waals surface area (Å²) in [4.78, 5) is 39.4. The highest BCUT2D eigenvalue weighted by molar-refractivity contribution is 9.10. The maximum atomic E-state index is 13.3. The van der Waals surface area contributed by atoms with E-state index in [1.54, 1.807) is 37.3 Å². The number of anilines is 1. The van der Waals surface area contributed by atoms with Crippen molar-refractivity contribution in [3.8, 4) is 11.5 Å². The number of benzene rings is 3. The van der Waals surface area contributed by atoms with E-state index in [0.29, 0.717) is 39.4 Å². The van der Waals surface area contributed by atoms with E-state index >= 15 is 0 Å². The van der Waals surface area contributed by atoms with Crippen molar-refractivity contribution >= 4 is 61.5 Å². The minimum Gasteiger partial charge on any atom is -0.493 e. The lowest BCUT2D eigenvalue weighted by Gasteiger charge is -2.27. The van der Waals surface area contributed by atoms with E-state index in [-0.39, 0.29) is 5.57 Å². The number of hydrogen-bond donors (Lipinski definition) is 1. The van der Waals surface area contributed by atoms with Crippen LogP contribution in [0.25, 0.3) is 6.08 Å². The molecule has 184 valence electrons. The highest BCUT2D eigenvalue weighted by atomic mass is 79.9. The highest BCUT2D eigenvalue weighted by Crippen LogP contribution is 2.38. The molecule has 0 aromatic heterocycles. The monoisotopic (exact) mass is 612 g/mol. The summed E-state index contributed by atoms with van der Waals surface area (Å²) in [5, 5.41) is 2.25. The summed E-state index contributed by atoms with van der Waals surface area (Å²) in [5.74, 6) is -0.583. The van der Waals surface area contributed by atoms with Gasteiger partial charge in [-0.1, -0.05) is 45.8 Å². The van der Waals surface area contributed by atoms with Crippen molar-refractivity contribution in [1.82, 2.24) is 5.32 Å². The van der Waals surface area contributed by atoms with Crippen molar-refractivity contribution in [1.29, 1.82) is 0 Å². The molecule has 0 radical (unpaired) electrons. The second-order valence-electron chi connectivity index (χ2n) is 8.20. The number of methoxy groups -OCH3 is 1. The first-order chi connectivity index (χ1) is 17.2. The smallest absolute Gasteiger partial charge is 0.335 e. The molecule has 1 fully saturated rings. The van der Waals surface area contributed by atoms with Crippen LogP contribution in [0.3, 0.4) is 0 Å². The molecule has 4 amide bonds. The number of imide groups is 2. The number of barbiturate groups is 1. The molecule has 9 heteroatoms. The fourth-order valence-electron chi connectivity index (χ4n) is 3.72. The normalized spacial score (nSPS) is 14.8. The van der Waals surface area contributed by atoms with Gasteiger partial charge in [-0.25, -0.2) is 9.69 Å². The Morgan fingerprint density at radius 3 is 2.36 bits per heavy atom. The van der Waals surface area contributed by atoms with Crippen LogP contribution < -0.4 is 19.7 Å². The van der Waals surface area contributed by atoms with Crippen LogP contribution in [0.5, 0.6) is 11.5 Å². The third kappa shape index (κ3) is 5.37. The Morgan fingerprint density at radius 2 is 1.69 bits per heavy atom. The molecule has 1 heterocycles. The van der Waals surface area contributed by atoms with E-state index in [4.69, 9.17) is 9.47 Å². The van der Waals surface area contributed by atoms with Gasteiger partial charge in [0.05, 0.1) is 17.3 Å². The van der Waals surface area contributed by atoms with E-state index in [0.717, 1.165) is 20.5 Å². The Labute approximate surface area is 225 Å².